The number of hydrogen-bond donors (Lipinski definition) is 2. The fraction of sp³-hybridized carbons (Fsp3) is 0.105. The van der Waals surface area contributed by atoms with Gasteiger partial charge in [0, 0.05) is 17.6 Å². The summed E-state index contributed by atoms with van der Waals surface area (Å²) < 4.78 is 17.7. The first-order chi connectivity index (χ1) is 12.5. The van der Waals surface area contributed by atoms with Crippen LogP contribution < -0.4 is 10.6 Å². The summed E-state index contributed by atoms with van der Waals surface area (Å²) in [5.74, 6) is -1.46. The van der Waals surface area contributed by atoms with Crippen molar-refractivity contribution in [2.24, 2.45) is 0 Å². The molecule has 0 spiro atoms. The van der Waals surface area contributed by atoms with E-state index in [9.17, 15) is 14.0 Å². The molecule has 0 saturated carbocycles. The molecule has 0 saturated heterocycles. The summed E-state index contributed by atoms with van der Waals surface area (Å²) in [6, 6.07) is 13.4. The molecule has 2 N–H and O–H groups in total. The zero-order chi connectivity index (χ0) is 18.9. The Morgan fingerprint density at radius 1 is 1.12 bits per heavy atom. The number of amides is 1. The summed E-state index contributed by atoms with van der Waals surface area (Å²) in [4.78, 5) is 23.7. The van der Waals surface area contributed by atoms with E-state index >= 15 is 0 Å². The van der Waals surface area contributed by atoms with Gasteiger partial charge in [0.2, 0.25) is 0 Å². The van der Waals surface area contributed by atoms with Crippen LogP contribution in [-0.2, 0) is 9.53 Å². The number of halogens is 1. The third-order valence-corrected chi connectivity index (χ3v) is 3.25. The fourth-order valence-corrected chi connectivity index (χ4v) is 1.95. The number of carbonyl (C=O) groups excluding carboxylic acids is 2. The van der Waals surface area contributed by atoms with E-state index in [0.29, 0.717) is 16.9 Å². The van der Waals surface area contributed by atoms with Crippen molar-refractivity contribution in [3.05, 3.63) is 71.7 Å². The van der Waals surface area contributed by atoms with Gasteiger partial charge in [-0.2, -0.15) is 5.26 Å². The quantitative estimate of drug-likeness (QED) is 0.471. The predicted molar refractivity (Wildman–Crippen MR) is 94.7 cm³/mol. The van der Waals surface area contributed by atoms with Gasteiger partial charge in [-0.1, -0.05) is 0 Å². The highest BCUT2D eigenvalue weighted by Crippen LogP contribution is 2.13. The average Bonchev–Trinajstić information content (AvgIpc) is 2.64. The van der Waals surface area contributed by atoms with Crippen molar-refractivity contribution in [3.63, 3.8) is 0 Å². The van der Waals surface area contributed by atoms with Gasteiger partial charge in [-0.15, -0.1) is 0 Å². The summed E-state index contributed by atoms with van der Waals surface area (Å²) >= 11 is 0. The van der Waals surface area contributed by atoms with Gasteiger partial charge in [0.05, 0.1) is 12.2 Å². The number of nitrogens with one attached hydrogen (secondary N) is 2. The number of anilines is 2. The van der Waals surface area contributed by atoms with E-state index in [-0.39, 0.29) is 18.0 Å². The highest BCUT2D eigenvalue weighted by atomic mass is 19.1. The van der Waals surface area contributed by atoms with E-state index in [4.69, 9.17) is 10.00 Å². The van der Waals surface area contributed by atoms with E-state index in [1.165, 1.54) is 54.7 Å². The topological polar surface area (TPSA) is 91.2 Å². The van der Waals surface area contributed by atoms with Gasteiger partial charge < -0.3 is 15.4 Å². The van der Waals surface area contributed by atoms with Crippen LogP contribution in [0.25, 0.3) is 0 Å². The highest BCUT2D eigenvalue weighted by molar-refractivity contribution is 6.06. The minimum Gasteiger partial charge on any atom is -0.462 e. The van der Waals surface area contributed by atoms with E-state index < -0.39 is 11.9 Å². The molecule has 0 atom stereocenters. The fourth-order valence-electron chi connectivity index (χ4n) is 1.95. The Morgan fingerprint density at radius 2 is 1.73 bits per heavy atom. The lowest BCUT2D eigenvalue weighted by Crippen LogP contribution is -2.14. The largest absolute Gasteiger partial charge is 0.462 e. The van der Waals surface area contributed by atoms with Gasteiger partial charge in [-0.3, -0.25) is 4.79 Å². The molecule has 2 rings (SSSR count). The predicted octanol–water partition coefficient (Wildman–Crippen LogP) is 3.46. The number of nitrogens with zero attached hydrogens (tertiary/aromatic N) is 1. The first kappa shape index (κ1) is 18.7. The molecule has 0 bridgehead atoms. The Labute approximate surface area is 149 Å². The normalized spacial score (nSPS) is 10.6. The van der Waals surface area contributed by atoms with Crippen LogP contribution in [0.4, 0.5) is 15.8 Å². The molecule has 0 aromatic heterocycles. The third-order valence-electron chi connectivity index (χ3n) is 3.25. The molecule has 7 heteroatoms. The lowest BCUT2D eigenvalue weighted by atomic mass is 10.2. The van der Waals surface area contributed by atoms with Gasteiger partial charge in [-0.05, 0) is 55.5 Å². The van der Waals surface area contributed by atoms with Gasteiger partial charge >= 0.3 is 5.97 Å². The molecular formula is C19H16FN3O3. The molecule has 0 fully saturated rings. The Balaban J connectivity index is 2.02. The Bertz CT molecular complexity index is 853. The molecule has 0 heterocycles. The highest BCUT2D eigenvalue weighted by Gasteiger charge is 2.11. The number of rotatable bonds is 6. The van der Waals surface area contributed by atoms with Crippen LogP contribution in [-0.4, -0.2) is 18.5 Å². The van der Waals surface area contributed by atoms with E-state index in [0.717, 1.165) is 0 Å². The van der Waals surface area contributed by atoms with Crippen LogP contribution in [0.1, 0.15) is 17.3 Å². The van der Waals surface area contributed by atoms with Gasteiger partial charge in [0.25, 0.3) is 5.91 Å². The van der Waals surface area contributed by atoms with Crippen molar-refractivity contribution in [3.8, 4) is 6.07 Å². The molecular weight excluding hydrogens is 337 g/mol. The van der Waals surface area contributed by atoms with Crippen molar-refractivity contribution in [2.75, 3.05) is 17.2 Å². The lowest BCUT2D eigenvalue weighted by Gasteiger charge is -2.06. The van der Waals surface area contributed by atoms with Crippen molar-refractivity contribution in [1.29, 1.82) is 5.26 Å². The summed E-state index contributed by atoms with van der Waals surface area (Å²) in [6.07, 6.45) is 1.23. The molecule has 0 unspecified atom stereocenters. The maximum Gasteiger partial charge on any atom is 0.338 e. The van der Waals surface area contributed by atoms with Crippen LogP contribution >= 0.6 is 0 Å². The molecule has 26 heavy (non-hydrogen) atoms. The molecule has 6 nitrogen and oxygen atoms in total. The summed E-state index contributed by atoms with van der Waals surface area (Å²) in [5, 5.41) is 14.4. The number of carbonyl (C=O) groups is 2. The monoisotopic (exact) mass is 353 g/mol. The minimum atomic E-state index is -0.619. The second-order valence-corrected chi connectivity index (χ2v) is 5.07. The molecule has 132 valence electrons. The van der Waals surface area contributed by atoms with Crippen LogP contribution in [0, 0.1) is 17.1 Å². The smallest absolute Gasteiger partial charge is 0.338 e. The van der Waals surface area contributed by atoms with Crippen molar-refractivity contribution in [2.45, 2.75) is 6.92 Å². The van der Waals surface area contributed by atoms with Gasteiger partial charge in [0.1, 0.15) is 17.5 Å². The Kier molecular flexibility index (Phi) is 6.46. The van der Waals surface area contributed by atoms with Gasteiger partial charge in [0.15, 0.2) is 0 Å². The number of benzene rings is 2. The number of nitriles is 1. The molecule has 0 aliphatic heterocycles. The van der Waals surface area contributed by atoms with E-state index in [2.05, 4.69) is 10.6 Å². The minimum absolute atomic E-state index is 0.163. The maximum absolute atomic E-state index is 12.9. The molecule has 0 radical (unpaired) electrons. The van der Waals surface area contributed by atoms with Crippen LogP contribution in [0.2, 0.25) is 0 Å². The third kappa shape index (κ3) is 5.18. The number of hydrogen-bond acceptors (Lipinski definition) is 5. The SMILES string of the molecule is CCOC(=O)c1ccc(NC(=O)/C(C#N)=C\Nc2ccc(F)cc2)cc1. The zero-order valence-electron chi connectivity index (χ0n) is 14.0. The lowest BCUT2D eigenvalue weighted by molar-refractivity contribution is -0.112. The first-order valence-corrected chi connectivity index (χ1v) is 7.74. The molecule has 0 aliphatic rings. The standard InChI is InChI=1S/C19H16FN3O3/c1-2-26-19(25)13-3-7-17(8-4-13)23-18(24)14(11-21)12-22-16-9-5-15(20)6-10-16/h3-10,12,22H,2H2,1H3,(H,23,24)/b14-12-. The Hall–Kier alpha value is -3.66. The van der Waals surface area contributed by atoms with E-state index in [1.807, 2.05) is 0 Å². The van der Waals surface area contributed by atoms with E-state index in [1.54, 1.807) is 13.0 Å². The summed E-state index contributed by atoms with van der Waals surface area (Å²) in [5.41, 5.74) is 1.15. The van der Waals surface area contributed by atoms with Gasteiger partial charge in [-0.25, -0.2) is 9.18 Å². The van der Waals surface area contributed by atoms with Crippen molar-refractivity contribution < 1.29 is 18.7 Å². The van der Waals surface area contributed by atoms with Crippen LogP contribution in [0.5, 0.6) is 0 Å². The second kappa shape index (κ2) is 8.99. The van der Waals surface area contributed by atoms with Crippen LogP contribution in [0.3, 0.4) is 0 Å². The molecule has 2 aromatic carbocycles. The summed E-state index contributed by atoms with van der Waals surface area (Å²) in [7, 11) is 0. The molecule has 1 amide bonds. The number of ether oxygens (including phenoxy) is 1. The maximum atomic E-state index is 12.9. The number of esters is 1. The Morgan fingerprint density at radius 3 is 2.31 bits per heavy atom. The first-order valence-electron chi connectivity index (χ1n) is 7.74. The average molecular weight is 353 g/mol. The van der Waals surface area contributed by atoms with Crippen molar-refractivity contribution in [1.82, 2.24) is 0 Å². The molecule has 0 aliphatic carbocycles. The summed E-state index contributed by atoms with van der Waals surface area (Å²) in [6.45, 7) is 1.98. The van der Waals surface area contributed by atoms with Crippen LogP contribution in [0.15, 0.2) is 60.3 Å². The molecule has 2 aromatic rings. The van der Waals surface area contributed by atoms with Crippen molar-refractivity contribution >= 4 is 23.3 Å². The second-order valence-electron chi connectivity index (χ2n) is 5.07. The zero-order valence-corrected chi connectivity index (χ0v) is 14.0.